The Bertz CT molecular complexity index is 398. The number of anilines is 1. The Labute approximate surface area is 103 Å². The second-order valence-electron chi connectivity index (χ2n) is 3.98. The maximum Gasteiger partial charge on any atom is 0.120 e. The lowest BCUT2D eigenvalue weighted by Gasteiger charge is -2.24. The van der Waals surface area contributed by atoms with Gasteiger partial charge in [0, 0.05) is 29.2 Å². The number of benzene rings is 1. The predicted octanol–water partition coefficient (Wildman–Crippen LogP) is 3.28. The zero-order chi connectivity index (χ0) is 11.5. The maximum absolute atomic E-state index is 13.4. The van der Waals surface area contributed by atoms with Crippen LogP contribution in [0.1, 0.15) is 12.8 Å². The summed E-state index contributed by atoms with van der Waals surface area (Å²) in [6, 6.07) is 9.91. The first-order valence-electron chi connectivity index (χ1n) is 5.24. The van der Waals surface area contributed by atoms with E-state index >= 15 is 0 Å². The van der Waals surface area contributed by atoms with Crippen molar-refractivity contribution in [3.05, 3.63) is 28.7 Å². The summed E-state index contributed by atoms with van der Waals surface area (Å²) in [5.74, 6) is 0. The Balaban J connectivity index is 2.19. The normalized spacial score (nSPS) is 24.4. The molecule has 1 aliphatic rings. The van der Waals surface area contributed by atoms with E-state index in [0.717, 1.165) is 10.2 Å². The number of halogens is 2. The molecule has 1 fully saturated rings. The van der Waals surface area contributed by atoms with Crippen molar-refractivity contribution in [2.45, 2.75) is 25.1 Å². The van der Waals surface area contributed by atoms with Crippen LogP contribution < -0.4 is 4.90 Å². The number of nitriles is 1. The van der Waals surface area contributed by atoms with Gasteiger partial charge in [-0.1, -0.05) is 15.9 Å². The van der Waals surface area contributed by atoms with Gasteiger partial charge in [0.1, 0.15) is 6.17 Å². The molecule has 1 aliphatic heterocycles. The minimum atomic E-state index is -0.818. The monoisotopic (exact) mass is 282 g/mol. The van der Waals surface area contributed by atoms with E-state index < -0.39 is 6.17 Å². The summed E-state index contributed by atoms with van der Waals surface area (Å²) in [7, 11) is 0. The lowest BCUT2D eigenvalue weighted by molar-refractivity contribution is 0.356. The van der Waals surface area contributed by atoms with E-state index in [1.54, 1.807) is 0 Å². The van der Waals surface area contributed by atoms with Crippen molar-refractivity contribution >= 4 is 21.6 Å². The fourth-order valence-corrected chi connectivity index (χ4v) is 2.37. The molecule has 1 aromatic carbocycles. The minimum absolute atomic E-state index is 0.0150. The van der Waals surface area contributed by atoms with E-state index in [1.165, 1.54) is 0 Å². The SMILES string of the molecule is N#CC[C@@H]1C[C@H](F)CN1c1ccc(Br)cc1. The van der Waals surface area contributed by atoms with Gasteiger partial charge < -0.3 is 4.90 Å². The Morgan fingerprint density at radius 1 is 1.44 bits per heavy atom. The second kappa shape index (κ2) is 4.84. The summed E-state index contributed by atoms with van der Waals surface area (Å²) in [6.07, 6.45) is 0.0297. The lowest BCUT2D eigenvalue weighted by Crippen LogP contribution is -2.28. The third kappa shape index (κ3) is 2.35. The molecule has 4 heteroatoms. The molecule has 0 N–H and O–H groups in total. The average Bonchev–Trinajstić information content (AvgIpc) is 2.61. The highest BCUT2D eigenvalue weighted by atomic mass is 79.9. The maximum atomic E-state index is 13.4. The van der Waals surface area contributed by atoms with Crippen LogP contribution in [0, 0.1) is 11.3 Å². The molecule has 2 nitrogen and oxygen atoms in total. The highest BCUT2D eigenvalue weighted by Gasteiger charge is 2.31. The van der Waals surface area contributed by atoms with Crippen LogP contribution in [0.25, 0.3) is 0 Å². The lowest BCUT2D eigenvalue weighted by atomic mass is 10.1. The van der Waals surface area contributed by atoms with E-state index in [0.29, 0.717) is 19.4 Å². The molecule has 0 bridgehead atoms. The molecule has 84 valence electrons. The van der Waals surface area contributed by atoms with Crippen molar-refractivity contribution in [3.63, 3.8) is 0 Å². The van der Waals surface area contributed by atoms with Crippen LogP contribution in [-0.2, 0) is 0 Å². The van der Waals surface area contributed by atoms with Crippen molar-refractivity contribution < 1.29 is 4.39 Å². The topological polar surface area (TPSA) is 27.0 Å². The predicted molar refractivity (Wildman–Crippen MR) is 65.0 cm³/mol. The Kier molecular flexibility index (Phi) is 3.45. The molecule has 0 unspecified atom stereocenters. The second-order valence-corrected chi connectivity index (χ2v) is 4.89. The Morgan fingerprint density at radius 3 is 2.75 bits per heavy atom. The standard InChI is InChI=1S/C12H12BrFN2/c13-9-1-3-11(4-2-9)16-8-10(14)7-12(16)5-6-15/h1-4,10,12H,5,7-8H2/t10-,12+/m0/s1. The molecule has 16 heavy (non-hydrogen) atoms. The molecule has 0 aromatic heterocycles. The minimum Gasteiger partial charge on any atom is -0.364 e. The number of nitrogens with zero attached hydrogens (tertiary/aromatic N) is 2. The largest absolute Gasteiger partial charge is 0.364 e. The molecule has 0 aliphatic carbocycles. The van der Waals surface area contributed by atoms with Crippen LogP contribution in [0.3, 0.4) is 0 Å². The van der Waals surface area contributed by atoms with Crippen LogP contribution in [0.2, 0.25) is 0 Å². The number of hydrogen-bond donors (Lipinski definition) is 0. The first kappa shape index (κ1) is 11.4. The molecule has 0 saturated carbocycles. The molecule has 2 rings (SSSR count). The van der Waals surface area contributed by atoms with Crippen molar-refractivity contribution in [1.29, 1.82) is 5.26 Å². The first-order chi connectivity index (χ1) is 7.70. The highest BCUT2D eigenvalue weighted by Crippen LogP contribution is 2.29. The van der Waals surface area contributed by atoms with Gasteiger partial charge in [-0.3, -0.25) is 0 Å². The third-order valence-electron chi connectivity index (χ3n) is 2.85. The van der Waals surface area contributed by atoms with Gasteiger partial charge in [0.25, 0.3) is 0 Å². The van der Waals surface area contributed by atoms with Gasteiger partial charge in [0.15, 0.2) is 0 Å². The molecule has 1 aromatic rings. The van der Waals surface area contributed by atoms with Crippen molar-refractivity contribution in [3.8, 4) is 6.07 Å². The van der Waals surface area contributed by atoms with Crippen molar-refractivity contribution in [1.82, 2.24) is 0 Å². The first-order valence-corrected chi connectivity index (χ1v) is 6.03. The Hall–Kier alpha value is -1.08. The van der Waals surface area contributed by atoms with Gasteiger partial charge in [-0.15, -0.1) is 0 Å². The summed E-state index contributed by atoms with van der Waals surface area (Å²) in [4.78, 5) is 1.99. The molecule has 2 atom stereocenters. The van der Waals surface area contributed by atoms with Gasteiger partial charge >= 0.3 is 0 Å². The van der Waals surface area contributed by atoms with Gasteiger partial charge in [-0.2, -0.15) is 5.26 Å². The molecular weight excluding hydrogens is 271 g/mol. The van der Waals surface area contributed by atoms with Crippen LogP contribution in [-0.4, -0.2) is 18.8 Å². The van der Waals surface area contributed by atoms with Crippen molar-refractivity contribution in [2.75, 3.05) is 11.4 Å². The van der Waals surface area contributed by atoms with E-state index in [4.69, 9.17) is 5.26 Å². The van der Waals surface area contributed by atoms with Crippen LogP contribution in [0.15, 0.2) is 28.7 Å². The van der Waals surface area contributed by atoms with Gasteiger partial charge in [-0.05, 0) is 24.3 Å². The quantitative estimate of drug-likeness (QED) is 0.832. The fourth-order valence-electron chi connectivity index (χ4n) is 2.11. The average molecular weight is 283 g/mol. The summed E-state index contributed by atoms with van der Waals surface area (Å²) in [5, 5.41) is 8.72. The number of rotatable bonds is 2. The van der Waals surface area contributed by atoms with Gasteiger partial charge in [0.05, 0.1) is 12.5 Å². The molecule has 0 amide bonds. The highest BCUT2D eigenvalue weighted by molar-refractivity contribution is 9.10. The van der Waals surface area contributed by atoms with Gasteiger partial charge in [0.2, 0.25) is 0 Å². The molecule has 1 heterocycles. The van der Waals surface area contributed by atoms with Crippen LogP contribution >= 0.6 is 15.9 Å². The summed E-state index contributed by atoms with van der Waals surface area (Å²) in [5.41, 5.74) is 0.989. The summed E-state index contributed by atoms with van der Waals surface area (Å²) < 4.78 is 14.4. The fraction of sp³-hybridized carbons (Fsp3) is 0.417. The number of alkyl halides is 1. The molecule has 0 radical (unpaired) electrons. The van der Waals surface area contributed by atoms with E-state index in [1.807, 2.05) is 29.2 Å². The molecule has 1 saturated heterocycles. The summed E-state index contributed by atoms with van der Waals surface area (Å²) in [6.45, 7) is 0.397. The van der Waals surface area contributed by atoms with E-state index in [2.05, 4.69) is 22.0 Å². The third-order valence-corrected chi connectivity index (χ3v) is 3.38. The smallest absolute Gasteiger partial charge is 0.120 e. The molecule has 0 spiro atoms. The van der Waals surface area contributed by atoms with E-state index in [9.17, 15) is 4.39 Å². The number of hydrogen-bond acceptors (Lipinski definition) is 2. The zero-order valence-corrected chi connectivity index (χ0v) is 10.3. The van der Waals surface area contributed by atoms with Gasteiger partial charge in [-0.25, -0.2) is 4.39 Å². The van der Waals surface area contributed by atoms with Crippen LogP contribution in [0.4, 0.5) is 10.1 Å². The zero-order valence-electron chi connectivity index (χ0n) is 8.74. The Morgan fingerprint density at radius 2 is 2.12 bits per heavy atom. The van der Waals surface area contributed by atoms with Crippen molar-refractivity contribution in [2.24, 2.45) is 0 Å². The summed E-state index contributed by atoms with van der Waals surface area (Å²) >= 11 is 3.37. The van der Waals surface area contributed by atoms with Crippen LogP contribution in [0.5, 0.6) is 0 Å². The molecular formula is C12H12BrFN2. The van der Waals surface area contributed by atoms with E-state index in [-0.39, 0.29) is 6.04 Å².